The van der Waals surface area contributed by atoms with E-state index in [1.165, 1.54) is 49.5 Å². The van der Waals surface area contributed by atoms with Gasteiger partial charge in [-0.05, 0) is 83.8 Å². The van der Waals surface area contributed by atoms with E-state index in [1.807, 2.05) is 12.3 Å². The first-order valence-electron chi connectivity index (χ1n) is 18.2. The van der Waals surface area contributed by atoms with Crippen LogP contribution in [0.15, 0.2) is 152 Å². The van der Waals surface area contributed by atoms with E-state index in [9.17, 15) is 0 Å². The number of hydrogen-bond acceptors (Lipinski definition) is 4. The Morgan fingerprint density at radius 3 is 2.06 bits per heavy atom. The summed E-state index contributed by atoms with van der Waals surface area (Å²) in [5, 5.41) is 4.86. The second kappa shape index (κ2) is 11.8. The Morgan fingerprint density at radius 1 is 0.566 bits per heavy atom. The van der Waals surface area contributed by atoms with Crippen LogP contribution in [-0.4, -0.2) is 20.8 Å². The van der Waals surface area contributed by atoms with E-state index in [2.05, 4.69) is 186 Å². The summed E-state index contributed by atoms with van der Waals surface area (Å²) in [6.07, 6.45) is 1.92. The first-order chi connectivity index (χ1) is 25.8. The van der Waals surface area contributed by atoms with Crippen molar-refractivity contribution < 1.29 is 4.74 Å². The van der Waals surface area contributed by atoms with Gasteiger partial charge < -0.3 is 19.1 Å². The zero-order chi connectivity index (χ0) is 35.8. The van der Waals surface area contributed by atoms with Crippen LogP contribution in [0.4, 0.5) is 22.7 Å². The SMILES string of the molecule is Cn1c2ccccc2c2ccc3c(c21)N(c1cccc(Oc2ccc4c5ccccc5n(-c5cc(C(C)(C)C)ccn5)c4c2)c1)CN3c1ccccc1. The van der Waals surface area contributed by atoms with Gasteiger partial charge in [0, 0.05) is 63.8 Å². The Kier molecular flexibility index (Phi) is 6.92. The van der Waals surface area contributed by atoms with Crippen LogP contribution < -0.4 is 14.5 Å². The van der Waals surface area contributed by atoms with Crippen LogP contribution in [-0.2, 0) is 12.5 Å². The van der Waals surface area contributed by atoms with Crippen LogP contribution in [0.2, 0.25) is 0 Å². The molecule has 0 saturated carbocycles. The predicted octanol–water partition coefficient (Wildman–Crippen LogP) is 12.2. The summed E-state index contributed by atoms with van der Waals surface area (Å²) in [6, 6.07) is 51.6. The van der Waals surface area contributed by atoms with Gasteiger partial charge in [0.1, 0.15) is 24.0 Å². The normalized spacial score (nSPS) is 13.1. The number of ether oxygens (including phenoxy) is 1. The standard InChI is InChI=1S/C47H39N5O/c1-47(2,3)31-25-26-48-44(27-31)52-41-20-11-9-17-36(41)38-22-21-35(29-43(38)52)53-34-16-12-15-33(28-34)51-30-50(32-13-6-5-7-14-32)42-24-23-39-37-18-8-10-19-40(37)49(4)45(39)46(42)51/h5-29H,30H2,1-4H3. The highest BCUT2D eigenvalue weighted by Gasteiger charge is 2.32. The van der Waals surface area contributed by atoms with Gasteiger partial charge >= 0.3 is 0 Å². The molecule has 0 bridgehead atoms. The van der Waals surface area contributed by atoms with Gasteiger partial charge in [-0.2, -0.15) is 0 Å². The maximum Gasteiger partial charge on any atom is 0.137 e. The molecule has 0 radical (unpaired) electrons. The molecule has 6 nitrogen and oxygen atoms in total. The molecule has 0 atom stereocenters. The van der Waals surface area contributed by atoms with Crippen molar-refractivity contribution in [3.05, 3.63) is 157 Å². The van der Waals surface area contributed by atoms with E-state index in [4.69, 9.17) is 9.72 Å². The number of benzene rings is 6. The third kappa shape index (κ3) is 4.97. The maximum atomic E-state index is 6.73. The lowest BCUT2D eigenvalue weighted by Crippen LogP contribution is -2.24. The first-order valence-corrected chi connectivity index (χ1v) is 18.2. The molecule has 10 rings (SSSR count). The molecule has 6 heteroatoms. The molecule has 0 amide bonds. The average molecular weight is 690 g/mol. The highest BCUT2D eigenvalue weighted by atomic mass is 16.5. The van der Waals surface area contributed by atoms with Gasteiger partial charge in [0.05, 0.1) is 27.9 Å². The molecule has 0 spiro atoms. The molecule has 4 heterocycles. The van der Waals surface area contributed by atoms with Crippen LogP contribution in [0.25, 0.3) is 49.4 Å². The highest BCUT2D eigenvalue weighted by molar-refractivity contribution is 6.16. The van der Waals surface area contributed by atoms with E-state index in [-0.39, 0.29) is 5.41 Å². The summed E-state index contributed by atoms with van der Waals surface area (Å²) >= 11 is 0. The van der Waals surface area contributed by atoms with Crippen LogP contribution in [0, 0.1) is 0 Å². The Balaban J connectivity index is 1.08. The molecule has 0 fully saturated rings. The number of pyridine rings is 1. The Labute approximate surface area is 308 Å². The topological polar surface area (TPSA) is 38.5 Å². The van der Waals surface area contributed by atoms with Crippen molar-refractivity contribution in [1.82, 2.24) is 14.1 Å². The van der Waals surface area contributed by atoms with Crippen molar-refractivity contribution in [3.8, 4) is 17.3 Å². The Morgan fingerprint density at radius 2 is 1.25 bits per heavy atom. The van der Waals surface area contributed by atoms with Gasteiger partial charge in [0.2, 0.25) is 0 Å². The number of nitrogens with zero attached hydrogens (tertiary/aromatic N) is 5. The second-order valence-corrected chi connectivity index (χ2v) is 15.0. The lowest BCUT2D eigenvalue weighted by atomic mass is 9.88. The fraction of sp³-hybridized carbons (Fsp3) is 0.128. The van der Waals surface area contributed by atoms with E-state index >= 15 is 0 Å². The molecule has 9 aromatic rings. The van der Waals surface area contributed by atoms with E-state index in [0.717, 1.165) is 39.7 Å². The number of hydrogen-bond donors (Lipinski definition) is 0. The lowest BCUT2D eigenvalue weighted by Gasteiger charge is -2.23. The lowest BCUT2D eigenvalue weighted by molar-refractivity contribution is 0.483. The minimum atomic E-state index is 0.00317. The van der Waals surface area contributed by atoms with E-state index in [0.29, 0.717) is 6.67 Å². The molecule has 0 N–H and O–H groups in total. The molecule has 6 aromatic carbocycles. The molecule has 53 heavy (non-hydrogen) atoms. The molecule has 0 aliphatic carbocycles. The number of aryl methyl sites for hydroxylation is 1. The first kappa shape index (κ1) is 31.2. The molecule has 1 aliphatic heterocycles. The van der Waals surface area contributed by atoms with Crippen molar-refractivity contribution >= 4 is 66.4 Å². The van der Waals surface area contributed by atoms with Crippen molar-refractivity contribution in [2.75, 3.05) is 16.5 Å². The Bertz CT molecular complexity index is 2860. The fourth-order valence-electron chi connectivity index (χ4n) is 8.17. The Hall–Kier alpha value is -6.53. The maximum absolute atomic E-state index is 6.73. The average Bonchev–Trinajstić information content (AvgIpc) is 3.83. The van der Waals surface area contributed by atoms with Crippen LogP contribution in [0.1, 0.15) is 26.3 Å². The van der Waals surface area contributed by atoms with Crippen LogP contribution in [0.3, 0.4) is 0 Å². The van der Waals surface area contributed by atoms with E-state index < -0.39 is 0 Å². The predicted molar refractivity (Wildman–Crippen MR) is 220 cm³/mol. The summed E-state index contributed by atoms with van der Waals surface area (Å²) in [6.45, 7) is 7.39. The van der Waals surface area contributed by atoms with Gasteiger partial charge in [-0.1, -0.05) is 81.4 Å². The zero-order valence-corrected chi connectivity index (χ0v) is 30.3. The fourth-order valence-corrected chi connectivity index (χ4v) is 8.17. The smallest absolute Gasteiger partial charge is 0.137 e. The van der Waals surface area contributed by atoms with Crippen LogP contribution in [0.5, 0.6) is 11.5 Å². The molecule has 1 aliphatic rings. The quantitative estimate of drug-likeness (QED) is 0.180. The largest absolute Gasteiger partial charge is 0.457 e. The van der Waals surface area contributed by atoms with Gasteiger partial charge in [0.25, 0.3) is 0 Å². The third-order valence-electron chi connectivity index (χ3n) is 10.8. The molecule has 0 unspecified atom stereocenters. The van der Waals surface area contributed by atoms with E-state index in [1.54, 1.807) is 0 Å². The molecule has 258 valence electrons. The van der Waals surface area contributed by atoms with Gasteiger partial charge in [0.15, 0.2) is 0 Å². The second-order valence-electron chi connectivity index (χ2n) is 15.0. The molecular weight excluding hydrogens is 651 g/mol. The zero-order valence-electron chi connectivity index (χ0n) is 30.3. The monoisotopic (exact) mass is 689 g/mol. The van der Waals surface area contributed by atoms with Gasteiger partial charge in [-0.15, -0.1) is 0 Å². The van der Waals surface area contributed by atoms with Crippen molar-refractivity contribution in [2.45, 2.75) is 26.2 Å². The van der Waals surface area contributed by atoms with Crippen molar-refractivity contribution in [3.63, 3.8) is 0 Å². The molecular formula is C47H39N5O. The number of rotatable bonds is 5. The summed E-state index contributed by atoms with van der Waals surface area (Å²) in [5.74, 6) is 2.45. The van der Waals surface area contributed by atoms with Crippen LogP contribution >= 0.6 is 0 Å². The highest BCUT2D eigenvalue weighted by Crippen LogP contribution is 2.50. The number of para-hydroxylation sites is 3. The summed E-state index contributed by atoms with van der Waals surface area (Å²) < 4.78 is 11.3. The van der Waals surface area contributed by atoms with Crippen molar-refractivity contribution in [2.24, 2.45) is 7.05 Å². The van der Waals surface area contributed by atoms with Gasteiger partial charge in [-0.3, -0.25) is 4.57 Å². The minimum Gasteiger partial charge on any atom is -0.457 e. The molecule has 0 saturated heterocycles. The minimum absolute atomic E-state index is 0.00317. The van der Waals surface area contributed by atoms with Crippen molar-refractivity contribution in [1.29, 1.82) is 0 Å². The van der Waals surface area contributed by atoms with Gasteiger partial charge in [-0.25, -0.2) is 4.98 Å². The number of anilines is 4. The number of aromatic nitrogens is 3. The molecule has 3 aromatic heterocycles. The summed E-state index contributed by atoms with van der Waals surface area (Å²) in [7, 11) is 2.18. The third-order valence-corrected chi connectivity index (χ3v) is 10.8. The summed E-state index contributed by atoms with van der Waals surface area (Å²) in [4.78, 5) is 9.68. The summed E-state index contributed by atoms with van der Waals surface area (Å²) in [5.41, 5.74) is 10.5. The number of fused-ring (bicyclic) bond motifs is 8.